The van der Waals surface area contributed by atoms with Gasteiger partial charge >= 0.3 is 5.97 Å². The Morgan fingerprint density at radius 1 is 1.54 bits per heavy atom. The third-order valence-electron chi connectivity index (χ3n) is 1.81. The first-order valence-corrected chi connectivity index (χ1v) is 5.21. The summed E-state index contributed by atoms with van der Waals surface area (Å²) in [6.45, 7) is 2.00. The maximum absolute atomic E-state index is 10.4. The summed E-state index contributed by atoms with van der Waals surface area (Å²) in [7, 11) is 0. The molecule has 1 N–H and O–H groups in total. The second kappa shape index (κ2) is 4.33. The highest BCUT2D eigenvalue weighted by molar-refractivity contribution is 7.98. The Morgan fingerprint density at radius 2 is 2.23 bits per heavy atom. The van der Waals surface area contributed by atoms with E-state index in [1.807, 2.05) is 31.4 Å². The summed E-state index contributed by atoms with van der Waals surface area (Å²) < 4.78 is 0. The minimum absolute atomic E-state index is 0.107. The molecule has 0 aliphatic rings. The molecular weight excluding hydrogens is 184 g/mol. The minimum atomic E-state index is -0.781. The largest absolute Gasteiger partial charge is 0.481 e. The Labute approximate surface area is 82.0 Å². The van der Waals surface area contributed by atoms with Crippen molar-refractivity contribution >= 4 is 17.7 Å². The number of aryl methyl sites for hydroxylation is 1. The van der Waals surface area contributed by atoms with E-state index in [-0.39, 0.29) is 6.42 Å². The number of carboxylic acids is 1. The van der Waals surface area contributed by atoms with Crippen LogP contribution < -0.4 is 0 Å². The fourth-order valence-corrected chi connectivity index (χ4v) is 1.81. The summed E-state index contributed by atoms with van der Waals surface area (Å²) in [5, 5.41) is 8.58. The summed E-state index contributed by atoms with van der Waals surface area (Å²) in [6, 6.07) is 5.77. The van der Waals surface area contributed by atoms with Crippen molar-refractivity contribution in [2.75, 3.05) is 6.26 Å². The molecular formula is C10H12O2S. The van der Waals surface area contributed by atoms with Crippen LogP contribution in [0.4, 0.5) is 0 Å². The zero-order chi connectivity index (χ0) is 9.84. The van der Waals surface area contributed by atoms with Gasteiger partial charge in [-0.05, 0) is 30.4 Å². The molecule has 0 atom stereocenters. The lowest BCUT2D eigenvalue weighted by molar-refractivity contribution is -0.136. The summed E-state index contributed by atoms with van der Waals surface area (Å²) in [4.78, 5) is 11.6. The normalized spacial score (nSPS) is 10.0. The van der Waals surface area contributed by atoms with Crippen LogP contribution in [0.1, 0.15) is 11.1 Å². The maximum Gasteiger partial charge on any atom is 0.307 e. The van der Waals surface area contributed by atoms with E-state index in [4.69, 9.17) is 5.11 Å². The highest BCUT2D eigenvalue weighted by Gasteiger charge is 2.02. The van der Waals surface area contributed by atoms with Crippen LogP contribution in [0.2, 0.25) is 0 Å². The molecule has 3 heteroatoms. The third kappa shape index (κ3) is 2.77. The molecule has 0 saturated carbocycles. The van der Waals surface area contributed by atoms with Crippen molar-refractivity contribution in [1.29, 1.82) is 0 Å². The number of hydrogen-bond donors (Lipinski definition) is 1. The van der Waals surface area contributed by atoms with Crippen LogP contribution in [0, 0.1) is 6.92 Å². The Morgan fingerprint density at radius 3 is 2.69 bits per heavy atom. The molecule has 0 bridgehead atoms. The van der Waals surface area contributed by atoms with E-state index in [0.29, 0.717) is 0 Å². The van der Waals surface area contributed by atoms with Crippen LogP contribution in [0.5, 0.6) is 0 Å². The van der Waals surface area contributed by atoms with E-state index >= 15 is 0 Å². The van der Waals surface area contributed by atoms with Crippen molar-refractivity contribution in [3.05, 3.63) is 29.3 Å². The molecule has 0 saturated heterocycles. The van der Waals surface area contributed by atoms with Gasteiger partial charge < -0.3 is 5.11 Å². The molecule has 2 nitrogen and oxygen atoms in total. The summed E-state index contributed by atoms with van der Waals surface area (Å²) in [5.41, 5.74) is 2.01. The highest BCUT2D eigenvalue weighted by Crippen LogP contribution is 2.20. The van der Waals surface area contributed by atoms with Gasteiger partial charge in [-0.15, -0.1) is 11.8 Å². The third-order valence-corrected chi connectivity index (χ3v) is 2.71. The number of benzene rings is 1. The fourth-order valence-electron chi connectivity index (χ4n) is 1.23. The molecule has 0 aromatic heterocycles. The minimum Gasteiger partial charge on any atom is -0.481 e. The molecule has 0 fully saturated rings. The van der Waals surface area contributed by atoms with Gasteiger partial charge in [-0.2, -0.15) is 0 Å². The van der Waals surface area contributed by atoms with Gasteiger partial charge in [0.15, 0.2) is 0 Å². The van der Waals surface area contributed by atoms with E-state index in [0.717, 1.165) is 11.1 Å². The van der Waals surface area contributed by atoms with Gasteiger partial charge in [0.25, 0.3) is 0 Å². The average Bonchev–Trinajstić information content (AvgIpc) is 2.03. The van der Waals surface area contributed by atoms with Crippen molar-refractivity contribution in [2.24, 2.45) is 0 Å². The molecule has 0 spiro atoms. The predicted molar refractivity (Wildman–Crippen MR) is 54.3 cm³/mol. The summed E-state index contributed by atoms with van der Waals surface area (Å²) >= 11 is 1.68. The van der Waals surface area contributed by atoms with Gasteiger partial charge in [-0.3, -0.25) is 4.79 Å². The van der Waals surface area contributed by atoms with Gasteiger partial charge in [0.05, 0.1) is 6.42 Å². The zero-order valence-electron chi connectivity index (χ0n) is 7.70. The van der Waals surface area contributed by atoms with E-state index in [1.165, 1.54) is 4.90 Å². The van der Waals surface area contributed by atoms with Crippen LogP contribution in [-0.2, 0) is 11.2 Å². The SMILES string of the molecule is CSc1ccc(CC(=O)O)cc1C. The van der Waals surface area contributed by atoms with Crippen LogP contribution in [-0.4, -0.2) is 17.3 Å². The van der Waals surface area contributed by atoms with Crippen LogP contribution in [0.3, 0.4) is 0 Å². The molecule has 0 amide bonds. The van der Waals surface area contributed by atoms with Crippen molar-refractivity contribution in [2.45, 2.75) is 18.2 Å². The molecule has 13 heavy (non-hydrogen) atoms. The lowest BCUT2D eigenvalue weighted by Crippen LogP contribution is -2.00. The molecule has 0 unspecified atom stereocenters. The first kappa shape index (κ1) is 10.1. The van der Waals surface area contributed by atoms with E-state index in [9.17, 15) is 4.79 Å². The summed E-state index contributed by atoms with van der Waals surface area (Å²) in [5.74, 6) is -0.781. The molecule has 70 valence electrons. The summed E-state index contributed by atoms with van der Waals surface area (Å²) in [6.07, 6.45) is 2.12. The van der Waals surface area contributed by atoms with Crippen LogP contribution in [0.15, 0.2) is 23.1 Å². The number of rotatable bonds is 3. The van der Waals surface area contributed by atoms with Gasteiger partial charge in [-0.25, -0.2) is 0 Å². The van der Waals surface area contributed by atoms with E-state index in [1.54, 1.807) is 11.8 Å². The average molecular weight is 196 g/mol. The quantitative estimate of drug-likeness (QED) is 0.754. The van der Waals surface area contributed by atoms with Crippen LogP contribution >= 0.6 is 11.8 Å². The lowest BCUT2D eigenvalue weighted by Gasteiger charge is -2.04. The van der Waals surface area contributed by atoms with Gasteiger partial charge in [-0.1, -0.05) is 12.1 Å². The van der Waals surface area contributed by atoms with E-state index in [2.05, 4.69) is 0 Å². The lowest BCUT2D eigenvalue weighted by atomic mass is 10.1. The zero-order valence-corrected chi connectivity index (χ0v) is 8.52. The monoisotopic (exact) mass is 196 g/mol. The van der Waals surface area contributed by atoms with Crippen molar-refractivity contribution < 1.29 is 9.90 Å². The standard InChI is InChI=1S/C10H12O2S/c1-7-5-8(6-10(11)12)3-4-9(7)13-2/h3-5H,6H2,1-2H3,(H,11,12). The smallest absolute Gasteiger partial charge is 0.307 e. The Bertz CT molecular complexity index is 321. The molecule has 1 aromatic rings. The maximum atomic E-state index is 10.4. The molecule has 1 aromatic carbocycles. The number of hydrogen-bond acceptors (Lipinski definition) is 2. The topological polar surface area (TPSA) is 37.3 Å². The molecule has 0 aliphatic carbocycles. The fraction of sp³-hybridized carbons (Fsp3) is 0.300. The molecule has 0 heterocycles. The molecule has 1 rings (SSSR count). The Hall–Kier alpha value is -0.960. The van der Waals surface area contributed by atoms with Crippen molar-refractivity contribution in [3.63, 3.8) is 0 Å². The Kier molecular flexibility index (Phi) is 3.37. The van der Waals surface area contributed by atoms with Crippen molar-refractivity contribution in [3.8, 4) is 0 Å². The first-order chi connectivity index (χ1) is 6.13. The molecule has 0 aliphatic heterocycles. The number of carbonyl (C=O) groups is 1. The van der Waals surface area contributed by atoms with Gasteiger partial charge in [0, 0.05) is 4.90 Å². The predicted octanol–water partition coefficient (Wildman–Crippen LogP) is 2.34. The van der Waals surface area contributed by atoms with Gasteiger partial charge in [0.2, 0.25) is 0 Å². The van der Waals surface area contributed by atoms with Crippen molar-refractivity contribution in [1.82, 2.24) is 0 Å². The second-order valence-electron chi connectivity index (χ2n) is 2.87. The number of carboxylic acid groups (broad SMARTS) is 1. The Balaban J connectivity index is 2.89. The van der Waals surface area contributed by atoms with E-state index < -0.39 is 5.97 Å². The number of thioether (sulfide) groups is 1. The van der Waals surface area contributed by atoms with Crippen LogP contribution in [0.25, 0.3) is 0 Å². The highest BCUT2D eigenvalue weighted by atomic mass is 32.2. The molecule has 0 radical (unpaired) electrons. The second-order valence-corrected chi connectivity index (χ2v) is 3.72. The van der Waals surface area contributed by atoms with Gasteiger partial charge in [0.1, 0.15) is 0 Å². The number of aliphatic carboxylic acids is 1. The first-order valence-electron chi connectivity index (χ1n) is 3.99.